The lowest BCUT2D eigenvalue weighted by Gasteiger charge is -2.37. The van der Waals surface area contributed by atoms with Gasteiger partial charge in [0.15, 0.2) is 12.6 Å². The summed E-state index contributed by atoms with van der Waals surface area (Å²) in [5, 5.41) is 6.37. The van der Waals surface area contributed by atoms with Gasteiger partial charge in [0.1, 0.15) is 5.75 Å². The molecular formula is C25H34IN5O2. The lowest BCUT2D eigenvalue weighted by molar-refractivity contribution is -0.123. The molecule has 1 amide bonds. The van der Waals surface area contributed by atoms with Gasteiger partial charge in [0.2, 0.25) is 0 Å². The van der Waals surface area contributed by atoms with E-state index in [-0.39, 0.29) is 36.5 Å². The molecule has 33 heavy (non-hydrogen) atoms. The molecule has 2 N–H and O–H groups in total. The first kappa shape index (κ1) is 25.1. The van der Waals surface area contributed by atoms with Crippen LogP contribution in [-0.2, 0) is 11.3 Å². The Morgan fingerprint density at radius 1 is 1.06 bits per heavy atom. The summed E-state index contributed by atoms with van der Waals surface area (Å²) >= 11 is 0. The van der Waals surface area contributed by atoms with E-state index in [0.717, 1.165) is 57.1 Å². The van der Waals surface area contributed by atoms with E-state index in [1.54, 1.807) is 0 Å². The lowest BCUT2D eigenvalue weighted by atomic mass is 10.2. The van der Waals surface area contributed by atoms with E-state index < -0.39 is 0 Å². The zero-order valence-corrected chi connectivity index (χ0v) is 21.5. The molecule has 1 aliphatic carbocycles. The average Bonchev–Trinajstić information content (AvgIpc) is 3.65. The van der Waals surface area contributed by atoms with Gasteiger partial charge in [-0.15, -0.1) is 24.0 Å². The van der Waals surface area contributed by atoms with E-state index >= 15 is 0 Å². The molecule has 2 aliphatic rings. The number of carbonyl (C=O) groups excluding carboxylic acids is 1. The topological polar surface area (TPSA) is 69.2 Å². The first-order valence-electron chi connectivity index (χ1n) is 11.6. The molecule has 178 valence electrons. The maximum absolute atomic E-state index is 11.9. The van der Waals surface area contributed by atoms with E-state index in [1.807, 2.05) is 24.3 Å². The second-order valence-electron chi connectivity index (χ2n) is 8.26. The van der Waals surface area contributed by atoms with Gasteiger partial charge in [-0.1, -0.05) is 30.3 Å². The van der Waals surface area contributed by atoms with Crippen molar-refractivity contribution >= 4 is 41.5 Å². The highest BCUT2D eigenvalue weighted by Crippen LogP contribution is 2.19. The molecule has 1 saturated heterocycles. The fraction of sp³-hybridized carbons (Fsp3) is 0.440. The molecule has 1 heterocycles. The fourth-order valence-electron chi connectivity index (χ4n) is 3.79. The molecular weight excluding hydrogens is 529 g/mol. The second kappa shape index (κ2) is 12.7. The van der Waals surface area contributed by atoms with Crippen molar-refractivity contribution in [2.24, 2.45) is 4.99 Å². The number of halogens is 1. The van der Waals surface area contributed by atoms with Crippen molar-refractivity contribution in [1.29, 1.82) is 0 Å². The number of carbonyl (C=O) groups is 1. The standard InChI is InChI=1S/C25H33N5O2.HI/c1-2-26-25(30-15-13-29(14-16-30)22-8-4-3-5-9-22)27-18-20-7-6-10-23(17-20)32-19-24(31)28-21-11-12-21;/h3-10,17,21H,2,11-16,18-19H2,1H3,(H,26,27)(H,28,31);1H. The number of hydrogen-bond acceptors (Lipinski definition) is 4. The number of nitrogens with zero attached hydrogens (tertiary/aromatic N) is 3. The van der Waals surface area contributed by atoms with Crippen LogP contribution in [0.2, 0.25) is 0 Å². The van der Waals surface area contributed by atoms with Crippen molar-refractivity contribution in [3.05, 3.63) is 60.2 Å². The van der Waals surface area contributed by atoms with E-state index in [2.05, 4.69) is 57.7 Å². The van der Waals surface area contributed by atoms with Gasteiger partial charge in [0.05, 0.1) is 6.54 Å². The zero-order valence-electron chi connectivity index (χ0n) is 19.2. The summed E-state index contributed by atoms with van der Waals surface area (Å²) < 4.78 is 5.67. The normalized spacial score (nSPS) is 16.1. The summed E-state index contributed by atoms with van der Waals surface area (Å²) in [5.41, 5.74) is 2.33. The summed E-state index contributed by atoms with van der Waals surface area (Å²) in [7, 11) is 0. The van der Waals surface area contributed by atoms with Crippen LogP contribution in [0.3, 0.4) is 0 Å². The molecule has 4 rings (SSSR count). The number of nitrogens with one attached hydrogen (secondary N) is 2. The molecule has 0 radical (unpaired) electrons. The maximum Gasteiger partial charge on any atom is 0.258 e. The predicted octanol–water partition coefficient (Wildman–Crippen LogP) is 3.25. The Morgan fingerprint density at radius 2 is 1.82 bits per heavy atom. The number of piperazine rings is 1. The highest BCUT2D eigenvalue weighted by Gasteiger charge is 2.23. The van der Waals surface area contributed by atoms with Gasteiger partial charge >= 0.3 is 0 Å². The predicted molar refractivity (Wildman–Crippen MR) is 144 cm³/mol. The molecule has 8 heteroatoms. The monoisotopic (exact) mass is 563 g/mol. The molecule has 2 fully saturated rings. The van der Waals surface area contributed by atoms with Crippen LogP contribution in [0, 0.1) is 0 Å². The van der Waals surface area contributed by atoms with E-state index in [1.165, 1.54) is 5.69 Å². The molecule has 0 bridgehead atoms. The fourth-order valence-corrected chi connectivity index (χ4v) is 3.79. The van der Waals surface area contributed by atoms with Gasteiger partial charge in [0, 0.05) is 44.5 Å². The summed E-state index contributed by atoms with van der Waals surface area (Å²) in [5.74, 6) is 1.58. The lowest BCUT2D eigenvalue weighted by Crippen LogP contribution is -2.52. The van der Waals surface area contributed by atoms with Crippen molar-refractivity contribution < 1.29 is 9.53 Å². The number of rotatable bonds is 8. The summed E-state index contributed by atoms with van der Waals surface area (Å²) in [6.07, 6.45) is 2.16. The summed E-state index contributed by atoms with van der Waals surface area (Å²) in [6, 6.07) is 18.7. The molecule has 0 spiro atoms. The first-order chi connectivity index (χ1) is 15.7. The van der Waals surface area contributed by atoms with Crippen LogP contribution in [0.5, 0.6) is 5.75 Å². The molecule has 0 aromatic heterocycles. The third-order valence-electron chi connectivity index (χ3n) is 5.66. The number of hydrogen-bond donors (Lipinski definition) is 2. The third kappa shape index (κ3) is 7.80. The van der Waals surface area contributed by atoms with Crippen molar-refractivity contribution in [2.45, 2.75) is 32.4 Å². The number of anilines is 1. The van der Waals surface area contributed by atoms with Gasteiger partial charge in [-0.2, -0.15) is 0 Å². The van der Waals surface area contributed by atoms with Gasteiger partial charge in [-0.05, 0) is 49.6 Å². The van der Waals surface area contributed by atoms with Crippen molar-refractivity contribution in [3.8, 4) is 5.75 Å². The number of aliphatic imine (C=N–C) groups is 1. The van der Waals surface area contributed by atoms with Crippen LogP contribution in [0.25, 0.3) is 0 Å². The number of guanidine groups is 1. The molecule has 1 aliphatic heterocycles. The van der Waals surface area contributed by atoms with Crippen molar-refractivity contribution in [3.63, 3.8) is 0 Å². The largest absolute Gasteiger partial charge is 0.484 e. The molecule has 2 aromatic carbocycles. The quantitative estimate of drug-likeness (QED) is 0.293. The summed E-state index contributed by atoms with van der Waals surface area (Å²) in [4.78, 5) is 21.5. The second-order valence-corrected chi connectivity index (χ2v) is 8.26. The van der Waals surface area contributed by atoms with Crippen LogP contribution in [0.4, 0.5) is 5.69 Å². The first-order valence-corrected chi connectivity index (χ1v) is 11.6. The highest BCUT2D eigenvalue weighted by molar-refractivity contribution is 14.0. The highest BCUT2D eigenvalue weighted by atomic mass is 127. The molecule has 2 aromatic rings. The molecule has 7 nitrogen and oxygen atoms in total. The van der Waals surface area contributed by atoms with Gasteiger partial charge in [-0.25, -0.2) is 4.99 Å². The SMILES string of the molecule is CCNC(=NCc1cccc(OCC(=O)NC2CC2)c1)N1CCN(c2ccccc2)CC1.I. The minimum atomic E-state index is -0.0556. The smallest absolute Gasteiger partial charge is 0.258 e. The number of amides is 1. The number of ether oxygens (including phenoxy) is 1. The Bertz CT molecular complexity index is 912. The van der Waals surface area contributed by atoms with Crippen molar-refractivity contribution in [1.82, 2.24) is 15.5 Å². The van der Waals surface area contributed by atoms with Crippen LogP contribution in [0.15, 0.2) is 59.6 Å². The average molecular weight is 563 g/mol. The van der Waals surface area contributed by atoms with Crippen LogP contribution >= 0.6 is 24.0 Å². The van der Waals surface area contributed by atoms with Gasteiger partial charge in [-0.3, -0.25) is 4.79 Å². The summed E-state index contributed by atoms with van der Waals surface area (Å²) in [6.45, 7) is 7.35. The van der Waals surface area contributed by atoms with Crippen molar-refractivity contribution in [2.75, 3.05) is 44.2 Å². The Hall–Kier alpha value is -2.49. The molecule has 1 saturated carbocycles. The third-order valence-corrected chi connectivity index (χ3v) is 5.66. The number of para-hydroxylation sites is 1. The van der Waals surface area contributed by atoms with E-state index in [9.17, 15) is 4.79 Å². The van der Waals surface area contributed by atoms with Crippen LogP contribution in [-0.4, -0.2) is 62.1 Å². The van der Waals surface area contributed by atoms with Crippen LogP contribution < -0.4 is 20.3 Å². The van der Waals surface area contributed by atoms with Gasteiger partial charge in [0.25, 0.3) is 5.91 Å². The Balaban J connectivity index is 0.00000306. The molecule has 0 unspecified atom stereocenters. The number of benzene rings is 2. The minimum absolute atomic E-state index is 0. The maximum atomic E-state index is 11.9. The zero-order chi connectivity index (χ0) is 22.2. The van der Waals surface area contributed by atoms with Crippen LogP contribution in [0.1, 0.15) is 25.3 Å². The Labute approximate surface area is 213 Å². The Morgan fingerprint density at radius 3 is 2.52 bits per heavy atom. The van der Waals surface area contributed by atoms with E-state index in [0.29, 0.717) is 18.3 Å². The van der Waals surface area contributed by atoms with E-state index in [4.69, 9.17) is 9.73 Å². The molecule has 0 atom stereocenters. The Kier molecular flexibility index (Phi) is 9.65. The minimum Gasteiger partial charge on any atom is -0.484 e. The van der Waals surface area contributed by atoms with Gasteiger partial charge < -0.3 is 25.2 Å².